The molecule has 0 bridgehead atoms. The van der Waals surface area contributed by atoms with Gasteiger partial charge in [0, 0.05) is 33.2 Å². The first-order valence-corrected chi connectivity index (χ1v) is 20.3. The summed E-state index contributed by atoms with van der Waals surface area (Å²) in [6.07, 6.45) is 14.8. The molecular formula is C56H44N6. The predicted molar refractivity (Wildman–Crippen MR) is 253 cm³/mol. The molecule has 0 amide bonds. The van der Waals surface area contributed by atoms with E-state index in [1.165, 1.54) is 0 Å². The van der Waals surface area contributed by atoms with E-state index in [1.54, 1.807) is 12.2 Å². The van der Waals surface area contributed by atoms with Gasteiger partial charge in [-0.2, -0.15) is 10.5 Å². The smallest absolute Gasteiger partial charge is 0.160 e. The molecule has 7 rings (SSSR count). The molecular weight excluding hydrogens is 757 g/mol. The lowest BCUT2D eigenvalue weighted by Gasteiger charge is -2.32. The third-order valence-electron chi connectivity index (χ3n) is 10.8. The van der Waals surface area contributed by atoms with E-state index in [4.69, 9.17) is 19.9 Å². The highest BCUT2D eigenvalue weighted by Gasteiger charge is 2.32. The molecule has 6 heteroatoms. The molecule has 0 aliphatic heterocycles. The molecule has 0 radical (unpaired) electrons. The van der Waals surface area contributed by atoms with E-state index in [0.29, 0.717) is 45.6 Å². The molecule has 5 aromatic carbocycles. The Kier molecular flexibility index (Phi) is 12.9. The highest BCUT2D eigenvalue weighted by atomic mass is 14.9. The maximum absolute atomic E-state index is 10.5. The zero-order valence-electron chi connectivity index (χ0n) is 35.0. The zero-order chi connectivity index (χ0) is 43.5. The summed E-state index contributed by atoms with van der Waals surface area (Å²) in [4.78, 5) is 20.1. The van der Waals surface area contributed by atoms with Crippen LogP contribution >= 0.6 is 0 Å². The highest BCUT2D eigenvalue weighted by Crippen LogP contribution is 2.41. The van der Waals surface area contributed by atoms with Gasteiger partial charge in [0.25, 0.3) is 0 Å². The quantitative estimate of drug-likeness (QED) is 0.0850. The van der Waals surface area contributed by atoms with Crippen molar-refractivity contribution in [3.05, 3.63) is 240 Å². The van der Waals surface area contributed by atoms with Gasteiger partial charge < -0.3 is 0 Å². The number of aromatic nitrogens is 4. The van der Waals surface area contributed by atoms with Crippen molar-refractivity contribution in [1.29, 1.82) is 10.5 Å². The van der Waals surface area contributed by atoms with Gasteiger partial charge in [-0.25, -0.2) is 19.9 Å². The Bertz CT molecular complexity index is 2950. The van der Waals surface area contributed by atoms with Gasteiger partial charge in [0.15, 0.2) is 11.6 Å². The van der Waals surface area contributed by atoms with Gasteiger partial charge in [-0.3, -0.25) is 0 Å². The van der Waals surface area contributed by atoms with Crippen molar-refractivity contribution < 1.29 is 0 Å². The van der Waals surface area contributed by atoms with E-state index in [1.807, 2.05) is 129 Å². The third kappa shape index (κ3) is 8.40. The molecule has 0 spiro atoms. The van der Waals surface area contributed by atoms with Crippen LogP contribution in [0.4, 0.5) is 0 Å². The molecule has 6 nitrogen and oxygen atoms in total. The molecule has 0 saturated carbocycles. The van der Waals surface area contributed by atoms with E-state index in [-0.39, 0.29) is 0 Å². The topological polar surface area (TPSA) is 99.1 Å². The average Bonchev–Trinajstić information content (AvgIpc) is 3.34. The molecule has 2 heterocycles. The Morgan fingerprint density at radius 3 is 1.35 bits per heavy atom. The molecule has 298 valence electrons. The molecule has 1 atom stereocenters. The summed E-state index contributed by atoms with van der Waals surface area (Å²) in [5.74, 6) is 1.02. The Hall–Kier alpha value is -8.32. The van der Waals surface area contributed by atoms with Gasteiger partial charge >= 0.3 is 0 Å². The monoisotopic (exact) mass is 800 g/mol. The summed E-state index contributed by atoms with van der Waals surface area (Å²) in [6, 6.07) is 51.4. The van der Waals surface area contributed by atoms with Gasteiger partial charge in [0.05, 0.1) is 22.8 Å². The van der Waals surface area contributed by atoms with E-state index >= 15 is 0 Å². The van der Waals surface area contributed by atoms with Gasteiger partial charge in [0.1, 0.15) is 23.3 Å². The summed E-state index contributed by atoms with van der Waals surface area (Å²) >= 11 is 0. The van der Waals surface area contributed by atoms with Crippen molar-refractivity contribution in [2.24, 2.45) is 0 Å². The number of hydrogen-bond acceptors (Lipinski definition) is 6. The predicted octanol–water partition coefficient (Wildman–Crippen LogP) is 13.3. The van der Waals surface area contributed by atoms with Crippen molar-refractivity contribution in [2.45, 2.75) is 26.2 Å². The van der Waals surface area contributed by atoms with Gasteiger partial charge in [0.2, 0.25) is 0 Å². The van der Waals surface area contributed by atoms with Crippen LogP contribution in [0.5, 0.6) is 0 Å². The lowest BCUT2D eigenvalue weighted by Crippen LogP contribution is -2.25. The minimum Gasteiger partial charge on any atom is -0.227 e. The van der Waals surface area contributed by atoms with Gasteiger partial charge in [-0.15, -0.1) is 0 Å². The summed E-state index contributed by atoms with van der Waals surface area (Å²) < 4.78 is 0. The molecule has 0 aliphatic carbocycles. The van der Waals surface area contributed by atoms with E-state index in [2.05, 4.69) is 92.9 Å². The van der Waals surface area contributed by atoms with Gasteiger partial charge in [-0.05, 0) is 43.0 Å². The van der Waals surface area contributed by atoms with Crippen molar-refractivity contribution in [1.82, 2.24) is 19.9 Å². The third-order valence-corrected chi connectivity index (χ3v) is 10.8. The number of nitriles is 2. The van der Waals surface area contributed by atoms with E-state index in [9.17, 15) is 10.5 Å². The zero-order valence-corrected chi connectivity index (χ0v) is 35.0. The van der Waals surface area contributed by atoms with Gasteiger partial charge in [-0.1, -0.05) is 201 Å². The minimum atomic E-state index is -0.574. The number of allylic oxidation sites excluding steroid dienone is 10. The number of benzene rings is 5. The van der Waals surface area contributed by atoms with Crippen LogP contribution in [-0.4, -0.2) is 19.9 Å². The van der Waals surface area contributed by atoms with Crippen molar-refractivity contribution in [3.63, 3.8) is 0 Å². The summed E-state index contributed by atoms with van der Waals surface area (Å²) in [6.45, 7) is 13.8. The Morgan fingerprint density at radius 1 is 0.516 bits per heavy atom. The molecule has 7 aromatic rings. The lowest BCUT2D eigenvalue weighted by molar-refractivity contribution is 0.692. The van der Waals surface area contributed by atoms with Crippen molar-refractivity contribution >= 4 is 11.1 Å². The fourth-order valence-electron chi connectivity index (χ4n) is 7.60. The first-order valence-electron chi connectivity index (χ1n) is 20.3. The average molecular weight is 801 g/mol. The van der Waals surface area contributed by atoms with Crippen LogP contribution < -0.4 is 0 Å². The molecule has 1 unspecified atom stereocenters. The van der Waals surface area contributed by atoms with Crippen LogP contribution in [0.2, 0.25) is 0 Å². The summed E-state index contributed by atoms with van der Waals surface area (Å²) in [7, 11) is 0. The number of hydrogen-bond donors (Lipinski definition) is 0. The second-order valence-corrected chi connectivity index (χ2v) is 14.5. The Labute approximate surface area is 364 Å². The van der Waals surface area contributed by atoms with Crippen LogP contribution in [0.1, 0.15) is 60.0 Å². The van der Waals surface area contributed by atoms with Crippen LogP contribution in [0, 0.1) is 22.7 Å². The second-order valence-electron chi connectivity index (χ2n) is 14.5. The molecule has 62 heavy (non-hydrogen) atoms. The molecule has 0 saturated heterocycles. The molecule has 0 N–H and O–H groups in total. The van der Waals surface area contributed by atoms with E-state index in [0.717, 1.165) is 50.1 Å². The second kappa shape index (κ2) is 19.2. The van der Waals surface area contributed by atoms with Crippen LogP contribution in [0.15, 0.2) is 201 Å². The summed E-state index contributed by atoms with van der Waals surface area (Å²) in [5.41, 5.74) is 10.6. The maximum atomic E-state index is 10.5. The first-order chi connectivity index (χ1) is 30.4. The maximum Gasteiger partial charge on any atom is 0.160 e. The van der Waals surface area contributed by atoms with Crippen LogP contribution in [0.3, 0.4) is 0 Å². The standard InChI is InChI=1S/C56H44N6/c1-6-10-22-39(9-4)50-48(37-57)52(41-23-14-11-15-24-41)61-54(59-50)43-29-33-46(34-30-43)56(5,45-27-18-13-19-28-45)47-35-31-44(32-36-47)55-60-51(40(20-7-2)21-8-3)49(38-58)53(62-55)42-25-16-12-17-26-42/h6-36H,1-2H2,3-5H3/b21-8-,22-10-,39-9+,40-20+. The number of nitrogens with zero attached hydrogens (tertiary/aromatic N) is 6. The fraction of sp³-hybridized carbons (Fsp3) is 0.0714. The lowest BCUT2D eigenvalue weighted by atomic mass is 9.71. The van der Waals surface area contributed by atoms with Crippen molar-refractivity contribution in [3.8, 4) is 57.4 Å². The van der Waals surface area contributed by atoms with Crippen LogP contribution in [0.25, 0.3) is 56.4 Å². The highest BCUT2D eigenvalue weighted by molar-refractivity contribution is 5.84. The molecule has 0 fully saturated rings. The Balaban J connectivity index is 1.34. The molecule has 0 aliphatic rings. The minimum absolute atomic E-state index is 0.397. The fourth-order valence-corrected chi connectivity index (χ4v) is 7.60. The summed E-state index contributed by atoms with van der Waals surface area (Å²) in [5, 5.41) is 20.9. The number of rotatable bonds is 13. The normalized spacial score (nSPS) is 12.7. The van der Waals surface area contributed by atoms with Crippen molar-refractivity contribution in [2.75, 3.05) is 0 Å². The first kappa shape index (κ1) is 41.8. The largest absolute Gasteiger partial charge is 0.227 e. The molecule has 2 aromatic heterocycles. The van der Waals surface area contributed by atoms with E-state index < -0.39 is 5.41 Å². The van der Waals surface area contributed by atoms with Crippen LogP contribution in [-0.2, 0) is 5.41 Å². The SMILES string of the molecule is C=C/C=C\C(=C/C)c1nc(-c2ccc(C(C)(c3ccccc3)c3ccc(-c4nc(C(/C=C\C)=C/C=C)c(C#N)c(-c5ccccc5)n4)cc3)cc2)nc(-c2ccccc2)c1C#N. The Morgan fingerprint density at radius 2 is 0.952 bits per heavy atom.